The third-order valence-electron chi connectivity index (χ3n) is 5.48. The first-order chi connectivity index (χ1) is 14.7. The predicted molar refractivity (Wildman–Crippen MR) is 123 cm³/mol. The molecule has 0 atom stereocenters. The first-order valence-corrected chi connectivity index (χ1v) is 11.7. The topological polar surface area (TPSA) is 59.6 Å². The molecule has 1 aromatic carbocycles. The summed E-state index contributed by atoms with van der Waals surface area (Å²) in [5.41, 5.74) is 0. The van der Waals surface area contributed by atoms with Crippen molar-refractivity contribution >= 4 is 17.7 Å². The highest BCUT2D eigenvalue weighted by Gasteiger charge is 2.22. The van der Waals surface area contributed by atoms with Gasteiger partial charge in [0.2, 0.25) is 0 Å². The van der Waals surface area contributed by atoms with Crippen molar-refractivity contribution in [3.63, 3.8) is 0 Å². The number of rotatable bonds is 14. The average Bonchev–Trinajstić information content (AvgIpc) is 2.76. The van der Waals surface area contributed by atoms with Crippen LogP contribution in [0.3, 0.4) is 0 Å². The van der Waals surface area contributed by atoms with Crippen LogP contribution in [0.5, 0.6) is 5.75 Å². The lowest BCUT2D eigenvalue weighted by Crippen LogP contribution is -2.34. The third kappa shape index (κ3) is 11.0. The quantitative estimate of drug-likeness (QED) is 0.289. The number of carbonyl (C=O) groups is 1. The Morgan fingerprint density at radius 2 is 1.80 bits per heavy atom. The van der Waals surface area contributed by atoms with E-state index in [2.05, 4.69) is 17.2 Å². The van der Waals surface area contributed by atoms with Crippen molar-refractivity contribution < 1.29 is 14.3 Å². The highest BCUT2D eigenvalue weighted by atomic mass is 35.5. The van der Waals surface area contributed by atoms with Crippen LogP contribution in [-0.2, 0) is 4.74 Å². The van der Waals surface area contributed by atoms with Gasteiger partial charge in [-0.1, -0.05) is 30.5 Å². The SMILES string of the molecule is C=CCCNCCCCCCOC1CCC(CNC(=O)Oc2ccc(Cl)cc2)CC1. The fourth-order valence-electron chi connectivity index (χ4n) is 3.66. The van der Waals surface area contributed by atoms with Crippen molar-refractivity contribution in [1.29, 1.82) is 0 Å². The van der Waals surface area contributed by atoms with E-state index >= 15 is 0 Å². The van der Waals surface area contributed by atoms with E-state index in [0.29, 0.717) is 29.3 Å². The van der Waals surface area contributed by atoms with Crippen LogP contribution in [0.25, 0.3) is 0 Å². The van der Waals surface area contributed by atoms with Crippen LogP contribution in [-0.4, -0.2) is 38.4 Å². The molecule has 1 aliphatic rings. The Bertz CT molecular complexity index is 601. The van der Waals surface area contributed by atoms with Crippen molar-refractivity contribution in [3.05, 3.63) is 41.9 Å². The molecule has 0 saturated heterocycles. The molecule has 0 unspecified atom stereocenters. The van der Waals surface area contributed by atoms with Crippen molar-refractivity contribution in [2.24, 2.45) is 5.92 Å². The van der Waals surface area contributed by atoms with Gasteiger partial charge in [0.25, 0.3) is 0 Å². The molecule has 0 aliphatic heterocycles. The number of nitrogens with one attached hydrogen (secondary N) is 2. The second kappa shape index (κ2) is 15.3. The van der Waals surface area contributed by atoms with Gasteiger partial charge in [-0.15, -0.1) is 6.58 Å². The third-order valence-corrected chi connectivity index (χ3v) is 5.73. The summed E-state index contributed by atoms with van der Waals surface area (Å²) in [5, 5.41) is 6.92. The van der Waals surface area contributed by atoms with Gasteiger partial charge in [0.05, 0.1) is 6.10 Å². The number of halogens is 1. The van der Waals surface area contributed by atoms with E-state index in [-0.39, 0.29) is 0 Å². The van der Waals surface area contributed by atoms with Crippen LogP contribution in [0, 0.1) is 5.92 Å². The average molecular weight is 437 g/mol. The van der Waals surface area contributed by atoms with E-state index in [1.54, 1.807) is 24.3 Å². The summed E-state index contributed by atoms with van der Waals surface area (Å²) in [4.78, 5) is 11.9. The fourth-order valence-corrected chi connectivity index (χ4v) is 3.79. The molecule has 1 saturated carbocycles. The molecule has 2 N–H and O–H groups in total. The molecule has 0 bridgehead atoms. The molecule has 0 radical (unpaired) electrons. The lowest BCUT2D eigenvalue weighted by molar-refractivity contribution is 0.0163. The molecule has 1 aliphatic carbocycles. The van der Waals surface area contributed by atoms with Gasteiger partial charge in [0.1, 0.15) is 5.75 Å². The molecule has 168 valence electrons. The molecule has 6 heteroatoms. The Labute approximate surface area is 186 Å². The predicted octanol–water partition coefficient (Wildman–Crippen LogP) is 5.73. The van der Waals surface area contributed by atoms with E-state index in [4.69, 9.17) is 21.1 Å². The maximum absolute atomic E-state index is 11.9. The lowest BCUT2D eigenvalue weighted by Gasteiger charge is -2.28. The van der Waals surface area contributed by atoms with Gasteiger partial charge in [-0.2, -0.15) is 0 Å². The summed E-state index contributed by atoms with van der Waals surface area (Å²) in [6, 6.07) is 6.78. The second-order valence-corrected chi connectivity index (χ2v) is 8.42. The smallest absolute Gasteiger partial charge is 0.410 e. The molecule has 0 aromatic heterocycles. The molecule has 1 aromatic rings. The van der Waals surface area contributed by atoms with Gasteiger partial charge < -0.3 is 20.1 Å². The maximum atomic E-state index is 11.9. The molecular weight excluding hydrogens is 400 g/mol. The normalized spacial score (nSPS) is 18.7. The zero-order valence-electron chi connectivity index (χ0n) is 18.0. The standard InChI is InChI=1S/C24H37ClN2O3/c1-2-3-16-26-17-6-4-5-7-18-29-22-12-8-20(9-13-22)19-27-24(28)30-23-14-10-21(25)11-15-23/h2,10-11,14-15,20,22,26H,1,3-9,12-13,16-19H2,(H,27,28). The number of carbonyl (C=O) groups excluding carboxylic acids is 1. The van der Waals surface area contributed by atoms with Crippen LogP contribution in [0.15, 0.2) is 36.9 Å². The Kier molecular flexibility index (Phi) is 12.6. The Hall–Kier alpha value is -1.56. The summed E-state index contributed by atoms with van der Waals surface area (Å²) in [7, 11) is 0. The van der Waals surface area contributed by atoms with Crippen LogP contribution < -0.4 is 15.4 Å². The van der Waals surface area contributed by atoms with Crippen LogP contribution in [0.2, 0.25) is 5.02 Å². The second-order valence-electron chi connectivity index (χ2n) is 7.98. The van der Waals surface area contributed by atoms with Gasteiger partial charge in [-0.05, 0) is 88.2 Å². The summed E-state index contributed by atoms with van der Waals surface area (Å²) in [6.45, 7) is 7.38. The Morgan fingerprint density at radius 1 is 1.07 bits per heavy atom. The van der Waals surface area contributed by atoms with Gasteiger partial charge >= 0.3 is 6.09 Å². The molecule has 1 fully saturated rings. The first-order valence-electron chi connectivity index (χ1n) is 11.3. The molecule has 30 heavy (non-hydrogen) atoms. The van der Waals surface area contributed by atoms with Gasteiger partial charge in [-0.3, -0.25) is 0 Å². The number of hydrogen-bond donors (Lipinski definition) is 2. The van der Waals surface area contributed by atoms with Crippen molar-refractivity contribution in [3.8, 4) is 5.75 Å². The van der Waals surface area contributed by atoms with Crippen LogP contribution >= 0.6 is 11.6 Å². The lowest BCUT2D eigenvalue weighted by atomic mass is 9.87. The first kappa shape index (κ1) is 24.7. The highest BCUT2D eigenvalue weighted by Crippen LogP contribution is 2.26. The molecule has 2 rings (SSSR count). The molecular formula is C24H37ClN2O3. The minimum atomic E-state index is -0.411. The molecule has 0 spiro atoms. The monoisotopic (exact) mass is 436 g/mol. The number of hydrogen-bond acceptors (Lipinski definition) is 4. The van der Waals surface area contributed by atoms with Crippen molar-refractivity contribution in [2.45, 2.75) is 63.9 Å². The van der Waals surface area contributed by atoms with Crippen molar-refractivity contribution in [1.82, 2.24) is 10.6 Å². The highest BCUT2D eigenvalue weighted by molar-refractivity contribution is 6.30. The number of benzene rings is 1. The number of ether oxygens (including phenoxy) is 2. The summed E-state index contributed by atoms with van der Waals surface area (Å²) in [5.74, 6) is 0.995. The number of unbranched alkanes of at least 4 members (excludes halogenated alkanes) is 3. The van der Waals surface area contributed by atoms with Crippen molar-refractivity contribution in [2.75, 3.05) is 26.2 Å². The van der Waals surface area contributed by atoms with Crippen LogP contribution in [0.4, 0.5) is 4.79 Å². The minimum Gasteiger partial charge on any atom is -0.410 e. The van der Waals surface area contributed by atoms with E-state index in [1.165, 1.54) is 19.3 Å². The van der Waals surface area contributed by atoms with E-state index in [9.17, 15) is 4.79 Å². The zero-order valence-corrected chi connectivity index (χ0v) is 18.8. The Morgan fingerprint density at radius 3 is 2.53 bits per heavy atom. The van der Waals surface area contributed by atoms with Gasteiger partial charge in [0.15, 0.2) is 0 Å². The van der Waals surface area contributed by atoms with E-state index in [1.807, 2.05) is 6.08 Å². The number of amides is 1. The molecule has 5 nitrogen and oxygen atoms in total. The molecule has 1 amide bonds. The maximum Gasteiger partial charge on any atom is 0.412 e. The summed E-state index contributed by atoms with van der Waals surface area (Å²) >= 11 is 5.83. The summed E-state index contributed by atoms with van der Waals surface area (Å²) in [6.07, 6.45) is 12.1. The minimum absolute atomic E-state index is 0.378. The molecule has 0 heterocycles. The largest absolute Gasteiger partial charge is 0.412 e. The summed E-state index contributed by atoms with van der Waals surface area (Å²) < 4.78 is 11.3. The van der Waals surface area contributed by atoms with Crippen LogP contribution in [0.1, 0.15) is 57.8 Å². The van der Waals surface area contributed by atoms with E-state index < -0.39 is 6.09 Å². The fraction of sp³-hybridized carbons (Fsp3) is 0.625. The Balaban J connectivity index is 1.44. The van der Waals surface area contributed by atoms with Gasteiger partial charge in [-0.25, -0.2) is 4.79 Å². The zero-order chi connectivity index (χ0) is 21.4. The van der Waals surface area contributed by atoms with E-state index in [0.717, 1.165) is 58.2 Å². The van der Waals surface area contributed by atoms with Gasteiger partial charge in [0, 0.05) is 18.2 Å².